The first-order valence-electron chi connectivity index (χ1n) is 6.42. The molecule has 1 amide bonds. The molecule has 1 aromatic carbocycles. The summed E-state index contributed by atoms with van der Waals surface area (Å²) in [4.78, 5) is 11.1. The summed E-state index contributed by atoms with van der Waals surface area (Å²) in [5.74, 6) is -0.644. The van der Waals surface area contributed by atoms with Crippen molar-refractivity contribution in [2.45, 2.75) is 30.7 Å². The molecule has 1 N–H and O–H groups in total. The van der Waals surface area contributed by atoms with Crippen LogP contribution in [0, 0.1) is 5.82 Å². The Labute approximate surface area is 117 Å². The van der Waals surface area contributed by atoms with Crippen LogP contribution in [-0.4, -0.2) is 37.8 Å². The summed E-state index contributed by atoms with van der Waals surface area (Å²) in [5, 5.41) is 2.74. The molecule has 2 rings (SSSR count). The molecule has 1 unspecified atom stereocenters. The molecule has 5 nitrogen and oxygen atoms in total. The average Bonchev–Trinajstić information content (AvgIpc) is 2.39. The predicted octanol–water partition coefficient (Wildman–Crippen LogP) is 1.11. The number of hydrogen-bond donors (Lipinski definition) is 1. The average molecular weight is 300 g/mol. The maximum Gasteiger partial charge on any atom is 0.243 e. The second-order valence-corrected chi connectivity index (χ2v) is 6.79. The van der Waals surface area contributed by atoms with Crippen molar-refractivity contribution in [2.24, 2.45) is 0 Å². The van der Waals surface area contributed by atoms with Gasteiger partial charge in [-0.1, -0.05) is 0 Å². The van der Waals surface area contributed by atoms with E-state index in [1.54, 1.807) is 0 Å². The summed E-state index contributed by atoms with van der Waals surface area (Å²) >= 11 is 0. The number of hydrogen-bond acceptors (Lipinski definition) is 3. The number of amides is 1. The Morgan fingerprint density at radius 2 is 2.00 bits per heavy atom. The maximum absolute atomic E-state index is 12.9. The van der Waals surface area contributed by atoms with Gasteiger partial charge < -0.3 is 5.32 Å². The monoisotopic (exact) mass is 300 g/mol. The zero-order valence-corrected chi connectivity index (χ0v) is 12.0. The molecule has 0 aliphatic carbocycles. The first-order chi connectivity index (χ1) is 9.39. The van der Waals surface area contributed by atoms with Crippen molar-refractivity contribution in [3.8, 4) is 0 Å². The fourth-order valence-electron chi connectivity index (χ4n) is 2.32. The van der Waals surface area contributed by atoms with Gasteiger partial charge in [-0.2, -0.15) is 4.31 Å². The van der Waals surface area contributed by atoms with Gasteiger partial charge in [0.05, 0.1) is 4.90 Å². The highest BCUT2D eigenvalue weighted by Gasteiger charge is 2.30. The molecule has 1 atom stereocenters. The summed E-state index contributed by atoms with van der Waals surface area (Å²) in [6.07, 6.45) is 1.44. The molecule has 110 valence electrons. The van der Waals surface area contributed by atoms with E-state index in [9.17, 15) is 17.6 Å². The third-order valence-corrected chi connectivity index (χ3v) is 5.12. The lowest BCUT2D eigenvalue weighted by molar-refractivity contribution is -0.119. The molecule has 1 saturated heterocycles. The van der Waals surface area contributed by atoms with E-state index in [4.69, 9.17) is 0 Å². The number of piperidine rings is 1. The highest BCUT2D eigenvalue weighted by atomic mass is 32.2. The summed E-state index contributed by atoms with van der Waals surface area (Å²) in [5.41, 5.74) is 0. The van der Waals surface area contributed by atoms with Gasteiger partial charge in [-0.05, 0) is 37.1 Å². The van der Waals surface area contributed by atoms with Crippen molar-refractivity contribution in [3.63, 3.8) is 0 Å². The van der Waals surface area contributed by atoms with Crippen LogP contribution in [-0.2, 0) is 14.8 Å². The Balaban J connectivity index is 2.16. The van der Waals surface area contributed by atoms with Crippen LogP contribution in [0.15, 0.2) is 29.2 Å². The lowest BCUT2D eigenvalue weighted by atomic mass is 10.1. The first-order valence-corrected chi connectivity index (χ1v) is 7.86. The quantitative estimate of drug-likeness (QED) is 0.909. The minimum absolute atomic E-state index is 0.0716. The van der Waals surface area contributed by atoms with Crippen molar-refractivity contribution in [1.82, 2.24) is 9.62 Å². The van der Waals surface area contributed by atoms with Gasteiger partial charge in [-0.15, -0.1) is 0 Å². The number of rotatable bonds is 3. The highest BCUT2D eigenvalue weighted by molar-refractivity contribution is 7.89. The fourth-order valence-corrected chi connectivity index (χ4v) is 3.85. The summed E-state index contributed by atoms with van der Waals surface area (Å²) in [7, 11) is -3.63. The van der Waals surface area contributed by atoms with Gasteiger partial charge in [0.2, 0.25) is 15.9 Å². The third kappa shape index (κ3) is 3.34. The second-order valence-electron chi connectivity index (χ2n) is 4.86. The standard InChI is InChI=1S/C13H17FN2O3S/c1-10(17)15-12-3-2-8-16(9-12)20(18,19)13-6-4-11(14)5-7-13/h4-7,12H,2-3,8-9H2,1H3,(H,15,17). The van der Waals surface area contributed by atoms with Crippen LogP contribution in [0.2, 0.25) is 0 Å². The van der Waals surface area contributed by atoms with Crippen LogP contribution in [0.25, 0.3) is 0 Å². The Morgan fingerprint density at radius 1 is 1.35 bits per heavy atom. The third-order valence-electron chi connectivity index (χ3n) is 3.24. The summed E-state index contributed by atoms with van der Waals surface area (Å²) in [6, 6.07) is 4.60. The number of benzene rings is 1. The van der Waals surface area contributed by atoms with Crippen molar-refractivity contribution in [1.29, 1.82) is 0 Å². The molecule has 0 saturated carbocycles. The van der Waals surface area contributed by atoms with Gasteiger partial charge in [0.1, 0.15) is 5.82 Å². The van der Waals surface area contributed by atoms with Gasteiger partial charge in [0.25, 0.3) is 0 Å². The molecule has 0 radical (unpaired) electrons. The van der Waals surface area contributed by atoms with Crippen molar-refractivity contribution < 1.29 is 17.6 Å². The summed E-state index contributed by atoms with van der Waals surface area (Å²) < 4.78 is 39.0. The lowest BCUT2D eigenvalue weighted by Crippen LogP contribution is -2.49. The predicted molar refractivity (Wildman–Crippen MR) is 72.0 cm³/mol. The van der Waals surface area contributed by atoms with Crippen LogP contribution in [0.5, 0.6) is 0 Å². The van der Waals surface area contributed by atoms with Gasteiger partial charge in [0.15, 0.2) is 0 Å². The van der Waals surface area contributed by atoms with Crippen LogP contribution >= 0.6 is 0 Å². The molecule has 1 aromatic rings. The van der Waals surface area contributed by atoms with E-state index in [2.05, 4.69) is 5.32 Å². The Bertz CT molecular complexity index is 586. The van der Waals surface area contributed by atoms with Crippen molar-refractivity contribution >= 4 is 15.9 Å². The number of carbonyl (C=O) groups excluding carboxylic acids is 1. The number of nitrogens with zero attached hydrogens (tertiary/aromatic N) is 1. The molecular weight excluding hydrogens is 283 g/mol. The second kappa shape index (κ2) is 5.88. The molecule has 20 heavy (non-hydrogen) atoms. The SMILES string of the molecule is CC(=O)NC1CCCN(S(=O)(=O)c2ccc(F)cc2)C1. The minimum Gasteiger partial charge on any atom is -0.352 e. The van der Waals surface area contributed by atoms with Gasteiger partial charge >= 0.3 is 0 Å². The van der Waals surface area contributed by atoms with Gasteiger partial charge in [-0.3, -0.25) is 4.79 Å². The van der Waals surface area contributed by atoms with Crippen LogP contribution in [0.1, 0.15) is 19.8 Å². The molecule has 1 fully saturated rings. The topological polar surface area (TPSA) is 66.5 Å². The van der Waals surface area contributed by atoms with Crippen LogP contribution < -0.4 is 5.32 Å². The summed E-state index contributed by atoms with van der Waals surface area (Å²) in [6.45, 7) is 2.07. The Morgan fingerprint density at radius 3 is 2.60 bits per heavy atom. The smallest absolute Gasteiger partial charge is 0.243 e. The van der Waals surface area contributed by atoms with E-state index in [0.717, 1.165) is 18.6 Å². The van der Waals surface area contributed by atoms with E-state index in [1.165, 1.54) is 23.4 Å². The Hall–Kier alpha value is -1.47. The highest BCUT2D eigenvalue weighted by Crippen LogP contribution is 2.21. The fraction of sp³-hybridized carbons (Fsp3) is 0.462. The van der Waals surface area contributed by atoms with Crippen molar-refractivity contribution in [3.05, 3.63) is 30.1 Å². The molecule has 1 aliphatic heterocycles. The zero-order chi connectivity index (χ0) is 14.8. The molecule has 0 spiro atoms. The number of carbonyl (C=O) groups is 1. The van der Waals surface area contributed by atoms with Gasteiger partial charge in [0, 0.05) is 26.1 Å². The lowest BCUT2D eigenvalue weighted by Gasteiger charge is -2.32. The van der Waals surface area contributed by atoms with Crippen LogP contribution in [0.4, 0.5) is 4.39 Å². The molecule has 1 heterocycles. The van der Waals surface area contributed by atoms with E-state index >= 15 is 0 Å². The number of nitrogens with one attached hydrogen (secondary N) is 1. The largest absolute Gasteiger partial charge is 0.352 e. The first kappa shape index (κ1) is 14.9. The molecule has 1 aliphatic rings. The van der Waals surface area contributed by atoms with E-state index < -0.39 is 15.8 Å². The van der Waals surface area contributed by atoms with E-state index in [-0.39, 0.29) is 23.4 Å². The van der Waals surface area contributed by atoms with Crippen molar-refractivity contribution in [2.75, 3.05) is 13.1 Å². The van der Waals surface area contributed by atoms with Crippen LogP contribution in [0.3, 0.4) is 0 Å². The molecule has 0 aromatic heterocycles. The number of halogens is 1. The minimum atomic E-state index is -3.63. The Kier molecular flexibility index (Phi) is 4.39. The van der Waals surface area contributed by atoms with E-state index in [1.807, 2.05) is 0 Å². The zero-order valence-electron chi connectivity index (χ0n) is 11.2. The molecular formula is C13H17FN2O3S. The van der Waals surface area contributed by atoms with Gasteiger partial charge in [-0.25, -0.2) is 12.8 Å². The molecule has 7 heteroatoms. The maximum atomic E-state index is 12.9. The normalized spacial score (nSPS) is 20.6. The van der Waals surface area contributed by atoms with E-state index in [0.29, 0.717) is 13.0 Å². The number of sulfonamides is 1. The molecule has 0 bridgehead atoms.